The Morgan fingerprint density at radius 2 is 2.15 bits per heavy atom. The summed E-state index contributed by atoms with van der Waals surface area (Å²) in [5.41, 5.74) is -0.0847. The third kappa shape index (κ3) is 3.60. The van der Waals surface area contributed by atoms with Crippen molar-refractivity contribution in [1.29, 1.82) is 0 Å². The molecule has 2 aliphatic heterocycles. The van der Waals surface area contributed by atoms with Crippen LogP contribution in [0.15, 0.2) is 30.9 Å². The number of rotatable bonds is 5. The van der Waals surface area contributed by atoms with Crippen LogP contribution in [0.25, 0.3) is 0 Å². The van der Waals surface area contributed by atoms with Gasteiger partial charge in [-0.3, -0.25) is 14.5 Å². The molecule has 2 fully saturated rings. The molecule has 1 unspecified atom stereocenters. The zero-order chi connectivity index (χ0) is 19.6. The van der Waals surface area contributed by atoms with E-state index in [1.54, 1.807) is 23.1 Å². The van der Waals surface area contributed by atoms with Gasteiger partial charge in [0.05, 0.1) is 18.6 Å². The van der Waals surface area contributed by atoms with Crippen molar-refractivity contribution in [3.05, 3.63) is 47.3 Å². The Balaban J connectivity index is 1.78. The second-order valence-corrected chi connectivity index (χ2v) is 7.56. The number of ether oxygens (including phenoxy) is 1. The third-order valence-corrected chi connectivity index (χ3v) is 6.18. The van der Waals surface area contributed by atoms with Crippen LogP contribution in [0, 0.1) is 11.7 Å². The summed E-state index contributed by atoms with van der Waals surface area (Å²) in [6, 6.07) is 4.67. The van der Waals surface area contributed by atoms with Gasteiger partial charge < -0.3 is 9.64 Å². The smallest absolute Gasteiger partial charge is 0.311 e. The Kier molecular flexibility index (Phi) is 5.86. The minimum atomic E-state index is -0.562. The number of piperidine rings is 1. The van der Waals surface area contributed by atoms with E-state index in [0.717, 1.165) is 0 Å². The molecule has 3 rings (SSSR count). The van der Waals surface area contributed by atoms with E-state index in [9.17, 15) is 14.0 Å². The molecule has 0 radical (unpaired) electrons. The third-order valence-electron chi connectivity index (χ3n) is 5.83. The molecule has 0 saturated carbocycles. The maximum Gasteiger partial charge on any atom is 0.311 e. The van der Waals surface area contributed by atoms with E-state index in [-0.39, 0.29) is 24.1 Å². The van der Waals surface area contributed by atoms with Crippen LogP contribution < -0.4 is 0 Å². The van der Waals surface area contributed by atoms with Gasteiger partial charge in [-0.1, -0.05) is 23.7 Å². The minimum Gasteiger partial charge on any atom is -0.469 e. The fourth-order valence-corrected chi connectivity index (χ4v) is 4.62. The van der Waals surface area contributed by atoms with Crippen molar-refractivity contribution in [3.63, 3.8) is 0 Å². The highest BCUT2D eigenvalue weighted by Crippen LogP contribution is 2.44. The van der Waals surface area contributed by atoms with Gasteiger partial charge in [0.15, 0.2) is 0 Å². The van der Waals surface area contributed by atoms with Crippen molar-refractivity contribution in [2.45, 2.75) is 31.3 Å². The molecule has 0 bridgehead atoms. The zero-order valence-electron chi connectivity index (χ0n) is 15.4. The maximum atomic E-state index is 14.1. The van der Waals surface area contributed by atoms with E-state index in [1.165, 1.54) is 13.2 Å². The molecule has 1 spiro atoms. The van der Waals surface area contributed by atoms with Gasteiger partial charge in [0.1, 0.15) is 5.82 Å². The van der Waals surface area contributed by atoms with Gasteiger partial charge in [0.2, 0.25) is 5.91 Å². The second-order valence-electron chi connectivity index (χ2n) is 7.15. The first-order valence-corrected chi connectivity index (χ1v) is 9.45. The average molecular weight is 395 g/mol. The monoisotopic (exact) mass is 394 g/mol. The molecule has 2 aliphatic rings. The van der Waals surface area contributed by atoms with Crippen LogP contribution in [0.1, 0.15) is 24.8 Å². The Hall–Kier alpha value is -1.92. The number of halogens is 2. The van der Waals surface area contributed by atoms with E-state index >= 15 is 0 Å². The highest BCUT2D eigenvalue weighted by Gasteiger charge is 2.56. The van der Waals surface area contributed by atoms with Crippen molar-refractivity contribution in [2.75, 3.05) is 26.7 Å². The van der Waals surface area contributed by atoms with Crippen LogP contribution in [-0.4, -0.2) is 54.0 Å². The number of likely N-dealkylation sites (tertiary alicyclic amines) is 2. The molecule has 5 nitrogen and oxygen atoms in total. The fourth-order valence-electron chi connectivity index (χ4n) is 4.39. The van der Waals surface area contributed by atoms with Gasteiger partial charge in [0, 0.05) is 43.2 Å². The number of benzene rings is 1. The number of amides is 1. The van der Waals surface area contributed by atoms with Gasteiger partial charge in [-0.2, -0.15) is 0 Å². The Morgan fingerprint density at radius 3 is 2.74 bits per heavy atom. The molecular formula is C20H24ClFN2O3. The Morgan fingerprint density at radius 1 is 1.44 bits per heavy atom. The fraction of sp³-hybridized carbons (Fsp3) is 0.500. The van der Waals surface area contributed by atoms with E-state index in [0.29, 0.717) is 49.6 Å². The van der Waals surface area contributed by atoms with Gasteiger partial charge in [-0.05, 0) is 25.0 Å². The molecule has 7 heteroatoms. The average Bonchev–Trinajstić information content (AvgIpc) is 2.92. The van der Waals surface area contributed by atoms with Crippen molar-refractivity contribution in [1.82, 2.24) is 9.80 Å². The van der Waals surface area contributed by atoms with Crippen LogP contribution in [0.3, 0.4) is 0 Å². The summed E-state index contributed by atoms with van der Waals surface area (Å²) in [4.78, 5) is 28.7. The summed E-state index contributed by atoms with van der Waals surface area (Å²) < 4.78 is 19.1. The van der Waals surface area contributed by atoms with Crippen LogP contribution in [0.2, 0.25) is 5.02 Å². The van der Waals surface area contributed by atoms with Crippen LogP contribution in [0.5, 0.6) is 0 Å². The first-order valence-electron chi connectivity index (χ1n) is 9.07. The topological polar surface area (TPSA) is 49.9 Å². The predicted molar refractivity (Wildman–Crippen MR) is 101 cm³/mol. The first kappa shape index (κ1) is 19.8. The molecule has 27 heavy (non-hydrogen) atoms. The number of carbonyl (C=O) groups excluding carboxylic acids is 2. The molecule has 1 aromatic rings. The van der Waals surface area contributed by atoms with Crippen molar-refractivity contribution < 1.29 is 18.7 Å². The minimum absolute atomic E-state index is 0.0455. The van der Waals surface area contributed by atoms with Crippen LogP contribution >= 0.6 is 11.6 Å². The Labute approximate surface area is 163 Å². The summed E-state index contributed by atoms with van der Waals surface area (Å²) in [6.45, 7) is 5.83. The summed E-state index contributed by atoms with van der Waals surface area (Å²) in [5, 5.41) is 0.409. The van der Waals surface area contributed by atoms with Crippen LogP contribution in [-0.2, 0) is 20.9 Å². The quantitative estimate of drug-likeness (QED) is 0.569. The molecular weight excluding hydrogens is 371 g/mol. The molecule has 0 aromatic heterocycles. The number of esters is 1. The molecule has 0 N–H and O–H groups in total. The molecule has 1 atom stereocenters. The van der Waals surface area contributed by atoms with E-state index < -0.39 is 11.5 Å². The summed E-state index contributed by atoms with van der Waals surface area (Å²) in [5.74, 6) is -1.19. The standard InChI is InChI=1S/C20H24ClFN2O3/c1-3-9-24-18(25)12-15(19(26)27-2)20(24)7-10-23(11-8-20)13-14-16(21)5-4-6-17(14)22/h3-6,15H,1,7-13H2,2H3. The predicted octanol–water partition coefficient (Wildman–Crippen LogP) is 3.02. The van der Waals surface area contributed by atoms with Crippen molar-refractivity contribution in [3.8, 4) is 0 Å². The molecule has 1 amide bonds. The highest BCUT2D eigenvalue weighted by atomic mass is 35.5. The maximum absolute atomic E-state index is 14.1. The highest BCUT2D eigenvalue weighted by molar-refractivity contribution is 6.31. The summed E-state index contributed by atoms with van der Waals surface area (Å²) in [6.07, 6.45) is 3.10. The van der Waals surface area contributed by atoms with E-state index in [4.69, 9.17) is 16.3 Å². The number of nitrogens with zero attached hydrogens (tertiary/aromatic N) is 2. The molecule has 2 heterocycles. The number of methoxy groups -OCH3 is 1. The lowest BCUT2D eigenvalue weighted by Gasteiger charge is -2.47. The number of hydrogen-bond donors (Lipinski definition) is 0. The largest absolute Gasteiger partial charge is 0.469 e. The van der Waals surface area contributed by atoms with Gasteiger partial charge in [0.25, 0.3) is 0 Å². The molecule has 2 saturated heterocycles. The zero-order valence-corrected chi connectivity index (χ0v) is 16.2. The van der Waals surface area contributed by atoms with Gasteiger partial charge >= 0.3 is 5.97 Å². The van der Waals surface area contributed by atoms with Gasteiger partial charge in [-0.15, -0.1) is 6.58 Å². The molecule has 1 aromatic carbocycles. The normalized spacial score (nSPS) is 22.3. The van der Waals surface area contributed by atoms with Crippen LogP contribution in [0.4, 0.5) is 4.39 Å². The van der Waals surface area contributed by atoms with Gasteiger partial charge in [-0.25, -0.2) is 4.39 Å². The van der Waals surface area contributed by atoms with E-state index in [2.05, 4.69) is 11.5 Å². The Bertz CT molecular complexity index is 726. The number of carbonyl (C=O) groups is 2. The SMILES string of the molecule is C=CCN1C(=O)CC(C(=O)OC)C12CCN(Cc1c(F)cccc1Cl)CC2. The number of hydrogen-bond acceptors (Lipinski definition) is 4. The lowest BCUT2D eigenvalue weighted by molar-refractivity contribution is -0.150. The lowest BCUT2D eigenvalue weighted by Crippen LogP contribution is -2.57. The summed E-state index contributed by atoms with van der Waals surface area (Å²) >= 11 is 6.14. The molecule has 146 valence electrons. The van der Waals surface area contributed by atoms with Crippen molar-refractivity contribution in [2.24, 2.45) is 5.92 Å². The lowest BCUT2D eigenvalue weighted by atomic mass is 9.76. The second kappa shape index (κ2) is 7.98. The van der Waals surface area contributed by atoms with E-state index in [1.807, 2.05) is 0 Å². The molecule has 0 aliphatic carbocycles. The summed E-state index contributed by atoms with van der Waals surface area (Å²) in [7, 11) is 1.35. The van der Waals surface area contributed by atoms with Crippen molar-refractivity contribution >= 4 is 23.5 Å². The first-order chi connectivity index (χ1) is 12.9.